The molecule has 0 aromatic rings. The lowest BCUT2D eigenvalue weighted by Gasteiger charge is -2.40. The Bertz CT molecular complexity index is 820. The fourth-order valence-electron chi connectivity index (χ4n) is 2.83. The Morgan fingerprint density at radius 1 is 1.16 bits per heavy atom. The smallest absolute Gasteiger partial charge is 0.370 e. The molecule has 0 spiro atoms. The van der Waals surface area contributed by atoms with Crippen molar-refractivity contribution in [3.63, 3.8) is 0 Å². The highest BCUT2D eigenvalue weighted by molar-refractivity contribution is 5.85. The monoisotopic (exact) mass is 442 g/mol. The molecule has 0 aromatic heterocycles. The molecule has 1 rings (SSSR count). The number of carbonyl (C=O) groups excluding carboxylic acids is 4. The van der Waals surface area contributed by atoms with Gasteiger partial charge in [-0.15, -0.1) is 0 Å². The highest BCUT2D eigenvalue weighted by Crippen LogP contribution is 2.27. The molecule has 0 aliphatic carbocycles. The number of nitrogens with one attached hydrogen (secondary N) is 1. The van der Waals surface area contributed by atoms with Gasteiger partial charge in [0, 0.05) is 32.6 Å². The van der Waals surface area contributed by atoms with Gasteiger partial charge in [0.15, 0.2) is 18.3 Å². The van der Waals surface area contributed by atoms with Gasteiger partial charge < -0.3 is 29.4 Å². The van der Waals surface area contributed by atoms with Crippen molar-refractivity contribution in [2.24, 2.45) is 5.11 Å². The van der Waals surface area contributed by atoms with Gasteiger partial charge in [-0.3, -0.25) is 19.2 Å². The summed E-state index contributed by atoms with van der Waals surface area (Å²) in [4.78, 5) is 60.5. The molecule has 1 aliphatic rings. The average molecular weight is 442 g/mol. The number of hydrogen-bond acceptors (Lipinski definition) is 10. The SMILES string of the molecule is CC(=O)N[C@H]1[C@H]([C@H](OC(C)=O)[C@@H](COC(C)=O)OC(C)=O)OC(C(=O)O)=C[C@@H]1N=[N+]=[N-]. The van der Waals surface area contributed by atoms with E-state index in [1.54, 1.807) is 0 Å². The Morgan fingerprint density at radius 2 is 1.77 bits per heavy atom. The van der Waals surface area contributed by atoms with Crippen molar-refractivity contribution in [3.8, 4) is 0 Å². The summed E-state index contributed by atoms with van der Waals surface area (Å²) < 4.78 is 20.6. The van der Waals surface area contributed by atoms with Crippen LogP contribution in [0, 0.1) is 0 Å². The normalized spacial score (nSPS) is 21.7. The van der Waals surface area contributed by atoms with E-state index in [-0.39, 0.29) is 0 Å². The van der Waals surface area contributed by atoms with Crippen LogP contribution in [0.5, 0.6) is 0 Å². The van der Waals surface area contributed by atoms with Gasteiger partial charge in [0.25, 0.3) is 0 Å². The van der Waals surface area contributed by atoms with Crippen LogP contribution in [-0.4, -0.2) is 71.9 Å². The minimum atomic E-state index is -1.56. The molecule has 31 heavy (non-hydrogen) atoms. The van der Waals surface area contributed by atoms with Crippen LogP contribution in [-0.2, 0) is 42.9 Å². The number of carbonyl (C=O) groups is 5. The largest absolute Gasteiger partial charge is 0.477 e. The molecule has 1 amide bonds. The van der Waals surface area contributed by atoms with E-state index in [4.69, 9.17) is 24.5 Å². The van der Waals surface area contributed by atoms with Crippen LogP contribution >= 0.6 is 0 Å². The van der Waals surface area contributed by atoms with E-state index in [0.29, 0.717) is 0 Å². The maximum atomic E-state index is 11.8. The third-order valence-electron chi connectivity index (χ3n) is 3.83. The van der Waals surface area contributed by atoms with Crippen molar-refractivity contribution in [2.45, 2.75) is 58.1 Å². The molecule has 2 N–H and O–H groups in total. The van der Waals surface area contributed by atoms with Gasteiger partial charge in [-0.25, -0.2) is 4.79 Å². The number of amides is 1. The fraction of sp³-hybridized carbons (Fsp3) is 0.588. The topological polar surface area (TPSA) is 203 Å². The second-order valence-corrected chi connectivity index (χ2v) is 6.36. The van der Waals surface area contributed by atoms with Crippen molar-refractivity contribution >= 4 is 29.8 Å². The lowest BCUT2D eigenvalue weighted by atomic mass is 9.92. The van der Waals surface area contributed by atoms with E-state index in [0.717, 1.165) is 33.8 Å². The first-order valence-corrected chi connectivity index (χ1v) is 8.87. The third kappa shape index (κ3) is 7.85. The van der Waals surface area contributed by atoms with Crippen LogP contribution in [0.1, 0.15) is 27.7 Å². The summed E-state index contributed by atoms with van der Waals surface area (Å²) in [5.41, 5.74) is 8.85. The van der Waals surface area contributed by atoms with Gasteiger partial charge >= 0.3 is 23.9 Å². The molecule has 1 heterocycles. The first-order chi connectivity index (χ1) is 14.5. The van der Waals surface area contributed by atoms with Crippen molar-refractivity contribution in [2.75, 3.05) is 6.61 Å². The lowest BCUT2D eigenvalue weighted by molar-refractivity contribution is -0.187. The zero-order valence-electron chi connectivity index (χ0n) is 17.1. The summed E-state index contributed by atoms with van der Waals surface area (Å²) >= 11 is 0. The molecule has 0 unspecified atom stereocenters. The number of esters is 3. The summed E-state index contributed by atoms with van der Waals surface area (Å²) in [5, 5.41) is 15.3. The van der Waals surface area contributed by atoms with E-state index in [9.17, 15) is 29.1 Å². The molecule has 0 fully saturated rings. The number of hydrogen-bond donors (Lipinski definition) is 2. The minimum absolute atomic E-state index is 0.572. The first-order valence-electron chi connectivity index (χ1n) is 8.87. The quantitative estimate of drug-likeness (QED) is 0.160. The Balaban J connectivity index is 3.54. The number of carboxylic acids is 1. The highest BCUT2D eigenvalue weighted by atomic mass is 16.6. The fourth-order valence-corrected chi connectivity index (χ4v) is 2.83. The van der Waals surface area contributed by atoms with Crippen LogP contribution in [0.3, 0.4) is 0 Å². The Hall–Kier alpha value is -3.80. The van der Waals surface area contributed by atoms with Crippen LogP contribution in [0.4, 0.5) is 0 Å². The summed E-state index contributed by atoms with van der Waals surface area (Å²) in [6, 6.07) is -2.49. The van der Waals surface area contributed by atoms with E-state index < -0.39 is 72.5 Å². The number of azide groups is 1. The molecule has 0 radical (unpaired) electrons. The van der Waals surface area contributed by atoms with E-state index in [2.05, 4.69) is 15.3 Å². The lowest BCUT2D eigenvalue weighted by Crippen LogP contribution is -2.61. The molecule has 0 bridgehead atoms. The number of carboxylic acid groups (broad SMARTS) is 1. The number of nitrogens with zero attached hydrogens (tertiary/aromatic N) is 3. The predicted octanol–water partition coefficient (Wildman–Crippen LogP) is -0.0362. The Labute approximate surface area is 176 Å². The predicted molar refractivity (Wildman–Crippen MR) is 98.9 cm³/mol. The van der Waals surface area contributed by atoms with Gasteiger partial charge in [0.05, 0.1) is 12.1 Å². The Morgan fingerprint density at radius 3 is 2.23 bits per heavy atom. The summed E-state index contributed by atoms with van der Waals surface area (Å²) in [6.45, 7) is 3.73. The zero-order valence-corrected chi connectivity index (χ0v) is 17.1. The van der Waals surface area contributed by atoms with Crippen molar-refractivity contribution in [3.05, 3.63) is 22.3 Å². The van der Waals surface area contributed by atoms with Crippen LogP contribution in [0.15, 0.2) is 16.9 Å². The summed E-state index contributed by atoms with van der Waals surface area (Å²) in [7, 11) is 0. The molecule has 1 aliphatic heterocycles. The summed E-state index contributed by atoms with van der Waals surface area (Å²) in [5.74, 6) is -5.23. The van der Waals surface area contributed by atoms with E-state index >= 15 is 0 Å². The average Bonchev–Trinajstić information content (AvgIpc) is 2.63. The molecule has 170 valence electrons. The van der Waals surface area contributed by atoms with Gasteiger partial charge in [0.2, 0.25) is 11.7 Å². The summed E-state index contributed by atoms with van der Waals surface area (Å²) in [6.07, 6.45) is -3.53. The molecule has 14 heteroatoms. The molecular formula is C17H22N4O10. The first kappa shape index (κ1) is 25.2. The second-order valence-electron chi connectivity index (χ2n) is 6.36. The van der Waals surface area contributed by atoms with E-state index in [1.165, 1.54) is 0 Å². The second kappa shape index (κ2) is 11.4. The molecular weight excluding hydrogens is 420 g/mol. The Kier molecular flexibility index (Phi) is 9.28. The minimum Gasteiger partial charge on any atom is -0.477 e. The van der Waals surface area contributed by atoms with Gasteiger partial charge in [-0.2, -0.15) is 0 Å². The van der Waals surface area contributed by atoms with Crippen LogP contribution < -0.4 is 5.32 Å². The molecule has 0 saturated carbocycles. The maximum absolute atomic E-state index is 11.8. The van der Waals surface area contributed by atoms with Crippen molar-refractivity contribution in [1.29, 1.82) is 0 Å². The van der Waals surface area contributed by atoms with Crippen molar-refractivity contribution in [1.82, 2.24) is 5.32 Å². The number of aliphatic carboxylic acids is 1. The van der Waals surface area contributed by atoms with E-state index in [1.807, 2.05) is 0 Å². The zero-order chi connectivity index (χ0) is 23.7. The number of ether oxygens (including phenoxy) is 4. The van der Waals surface area contributed by atoms with Crippen LogP contribution in [0.2, 0.25) is 0 Å². The van der Waals surface area contributed by atoms with Gasteiger partial charge in [-0.05, 0) is 11.6 Å². The third-order valence-corrected chi connectivity index (χ3v) is 3.83. The molecule has 0 saturated heterocycles. The number of rotatable bonds is 9. The van der Waals surface area contributed by atoms with Crippen molar-refractivity contribution < 1.29 is 48.0 Å². The molecule has 5 atom stereocenters. The van der Waals surface area contributed by atoms with Gasteiger partial charge in [0.1, 0.15) is 6.61 Å². The highest BCUT2D eigenvalue weighted by Gasteiger charge is 2.47. The molecule has 14 nitrogen and oxygen atoms in total. The van der Waals surface area contributed by atoms with Gasteiger partial charge in [-0.1, -0.05) is 5.11 Å². The van der Waals surface area contributed by atoms with Crippen LogP contribution in [0.25, 0.3) is 10.4 Å². The standard InChI is InChI=1S/C17H22N4O10/c1-7(22)19-14-11(20-21-18)5-12(17(26)27)31-16(14)15(30-10(4)25)13(29-9(3)24)6-28-8(2)23/h5,11,13-16H,6H2,1-4H3,(H,19,22)(H,26,27)/t11-,13+,14+,15+,16+/m0/s1. The molecule has 0 aromatic carbocycles. The maximum Gasteiger partial charge on any atom is 0.370 e.